The third-order valence-corrected chi connectivity index (χ3v) is 3.37. The molecular weight excluding hydrogens is 216 g/mol. The molecular formula is C13H22N2O2. The lowest BCUT2D eigenvalue weighted by atomic mass is 9.82. The molecule has 4 heteroatoms. The summed E-state index contributed by atoms with van der Waals surface area (Å²) in [4.78, 5) is 13.7. The molecule has 0 saturated carbocycles. The van der Waals surface area contributed by atoms with E-state index < -0.39 is 0 Å². The van der Waals surface area contributed by atoms with Crippen LogP contribution in [0.25, 0.3) is 0 Å². The van der Waals surface area contributed by atoms with Crippen molar-refractivity contribution < 1.29 is 9.53 Å². The van der Waals surface area contributed by atoms with E-state index in [9.17, 15) is 4.79 Å². The van der Waals surface area contributed by atoms with E-state index in [-0.39, 0.29) is 11.3 Å². The predicted molar refractivity (Wildman–Crippen MR) is 65.3 cm³/mol. The number of carbonyl (C=O) groups is 1. The summed E-state index contributed by atoms with van der Waals surface area (Å²) in [7, 11) is 0. The first-order valence-electron chi connectivity index (χ1n) is 6.38. The smallest absolute Gasteiger partial charge is 0.222 e. The van der Waals surface area contributed by atoms with Crippen LogP contribution in [0, 0.1) is 16.7 Å². The summed E-state index contributed by atoms with van der Waals surface area (Å²) >= 11 is 0. The number of nitriles is 1. The van der Waals surface area contributed by atoms with Crippen molar-refractivity contribution in [2.75, 3.05) is 26.3 Å². The Balaban J connectivity index is 2.24. The van der Waals surface area contributed by atoms with Gasteiger partial charge in [-0.25, -0.2) is 0 Å². The Hall–Kier alpha value is -1.08. The molecule has 1 aliphatic heterocycles. The molecule has 1 saturated heterocycles. The zero-order valence-corrected chi connectivity index (χ0v) is 10.9. The first kappa shape index (κ1) is 14.0. The predicted octanol–water partition coefficient (Wildman–Crippen LogP) is 1.96. The number of likely N-dealkylation sites (tertiary alicyclic amines) is 1. The van der Waals surface area contributed by atoms with Crippen molar-refractivity contribution >= 4 is 5.91 Å². The highest BCUT2D eigenvalue weighted by Crippen LogP contribution is 2.29. The molecule has 0 spiro atoms. The molecule has 0 aromatic carbocycles. The molecule has 0 aliphatic carbocycles. The molecule has 1 rings (SSSR count). The summed E-state index contributed by atoms with van der Waals surface area (Å²) in [5.74, 6) is 0.199. The molecule has 1 heterocycles. The van der Waals surface area contributed by atoms with Crippen molar-refractivity contribution in [3.8, 4) is 6.07 Å². The first-order valence-corrected chi connectivity index (χ1v) is 6.38. The minimum atomic E-state index is -0.234. The summed E-state index contributed by atoms with van der Waals surface area (Å²) < 4.78 is 5.21. The number of ether oxygens (including phenoxy) is 1. The van der Waals surface area contributed by atoms with Crippen molar-refractivity contribution in [3.63, 3.8) is 0 Å². The van der Waals surface area contributed by atoms with Gasteiger partial charge in [0, 0.05) is 32.7 Å². The van der Waals surface area contributed by atoms with Crippen molar-refractivity contribution in [3.05, 3.63) is 0 Å². The molecule has 96 valence electrons. The van der Waals surface area contributed by atoms with E-state index in [1.165, 1.54) is 0 Å². The van der Waals surface area contributed by atoms with Crippen LogP contribution in [0.1, 0.15) is 39.5 Å². The summed E-state index contributed by atoms with van der Waals surface area (Å²) in [6.45, 7) is 6.73. The molecule has 0 bridgehead atoms. The minimum absolute atomic E-state index is 0.199. The molecule has 0 unspecified atom stereocenters. The molecule has 0 aromatic heterocycles. The lowest BCUT2D eigenvalue weighted by molar-refractivity contribution is -0.133. The van der Waals surface area contributed by atoms with E-state index in [1.807, 2.05) is 18.7 Å². The lowest BCUT2D eigenvalue weighted by Crippen LogP contribution is -2.41. The van der Waals surface area contributed by atoms with Crippen molar-refractivity contribution in [2.24, 2.45) is 5.41 Å². The third kappa shape index (κ3) is 4.35. The topological polar surface area (TPSA) is 53.3 Å². The number of carbonyl (C=O) groups excluding carboxylic acids is 1. The van der Waals surface area contributed by atoms with Crippen LogP contribution in [-0.4, -0.2) is 37.1 Å². The van der Waals surface area contributed by atoms with Crippen molar-refractivity contribution in [1.82, 2.24) is 4.90 Å². The van der Waals surface area contributed by atoms with E-state index >= 15 is 0 Å². The summed E-state index contributed by atoms with van der Waals surface area (Å²) in [6.07, 6.45) is 2.93. The lowest BCUT2D eigenvalue weighted by Gasteiger charge is -2.35. The van der Waals surface area contributed by atoms with Crippen LogP contribution in [0.15, 0.2) is 0 Å². The summed E-state index contributed by atoms with van der Waals surface area (Å²) in [6, 6.07) is 2.34. The van der Waals surface area contributed by atoms with Crippen LogP contribution in [0.2, 0.25) is 0 Å². The Bertz CT molecular complexity index is 288. The average molecular weight is 238 g/mol. The van der Waals surface area contributed by atoms with E-state index in [4.69, 9.17) is 10.00 Å². The van der Waals surface area contributed by atoms with Crippen LogP contribution >= 0.6 is 0 Å². The van der Waals surface area contributed by atoms with Gasteiger partial charge in [-0.3, -0.25) is 4.79 Å². The van der Waals surface area contributed by atoms with Crippen LogP contribution in [0.5, 0.6) is 0 Å². The molecule has 1 amide bonds. The Morgan fingerprint density at radius 3 is 2.65 bits per heavy atom. The normalized spacial score (nSPS) is 18.8. The van der Waals surface area contributed by atoms with Gasteiger partial charge in [0.2, 0.25) is 5.91 Å². The SMILES string of the molecule is CCOCCCC(=O)N1CCC(C)(C#N)CC1. The first-order chi connectivity index (χ1) is 8.11. The highest BCUT2D eigenvalue weighted by Gasteiger charge is 2.31. The number of hydrogen-bond donors (Lipinski definition) is 0. The zero-order chi connectivity index (χ0) is 12.7. The maximum atomic E-state index is 11.8. The molecule has 0 aromatic rings. The zero-order valence-electron chi connectivity index (χ0n) is 10.9. The van der Waals surface area contributed by atoms with Crippen LogP contribution < -0.4 is 0 Å². The second-order valence-electron chi connectivity index (χ2n) is 4.85. The van der Waals surface area contributed by atoms with Crippen molar-refractivity contribution in [1.29, 1.82) is 5.26 Å². The largest absolute Gasteiger partial charge is 0.382 e. The van der Waals surface area contributed by atoms with E-state index in [0.29, 0.717) is 19.6 Å². The van der Waals surface area contributed by atoms with Crippen LogP contribution in [0.3, 0.4) is 0 Å². The van der Waals surface area contributed by atoms with Gasteiger partial charge in [0.1, 0.15) is 0 Å². The van der Waals surface area contributed by atoms with Gasteiger partial charge in [0.15, 0.2) is 0 Å². The second kappa shape index (κ2) is 6.61. The molecule has 0 N–H and O–H groups in total. The van der Waals surface area contributed by atoms with Crippen molar-refractivity contribution in [2.45, 2.75) is 39.5 Å². The van der Waals surface area contributed by atoms with Gasteiger partial charge in [-0.15, -0.1) is 0 Å². The number of hydrogen-bond acceptors (Lipinski definition) is 3. The highest BCUT2D eigenvalue weighted by atomic mass is 16.5. The van der Waals surface area contributed by atoms with Gasteiger partial charge in [0.25, 0.3) is 0 Å². The maximum Gasteiger partial charge on any atom is 0.222 e. The highest BCUT2D eigenvalue weighted by molar-refractivity contribution is 5.76. The molecule has 4 nitrogen and oxygen atoms in total. The van der Waals surface area contributed by atoms with Crippen LogP contribution in [-0.2, 0) is 9.53 Å². The van der Waals surface area contributed by atoms with Gasteiger partial charge < -0.3 is 9.64 Å². The number of rotatable bonds is 5. The van der Waals surface area contributed by atoms with Gasteiger partial charge in [-0.2, -0.15) is 5.26 Å². The third-order valence-electron chi connectivity index (χ3n) is 3.37. The standard InChI is InChI=1S/C13H22N2O2/c1-3-17-10-4-5-12(16)15-8-6-13(2,11-14)7-9-15/h3-10H2,1-2H3. The Morgan fingerprint density at radius 1 is 1.47 bits per heavy atom. The molecule has 1 fully saturated rings. The molecule has 17 heavy (non-hydrogen) atoms. The average Bonchev–Trinajstić information content (AvgIpc) is 2.35. The molecule has 0 atom stereocenters. The monoisotopic (exact) mass is 238 g/mol. The van der Waals surface area contributed by atoms with Gasteiger partial charge >= 0.3 is 0 Å². The number of nitrogens with zero attached hydrogens (tertiary/aromatic N) is 2. The minimum Gasteiger partial charge on any atom is -0.382 e. The quantitative estimate of drug-likeness (QED) is 0.688. The fourth-order valence-electron chi connectivity index (χ4n) is 1.99. The summed E-state index contributed by atoms with van der Waals surface area (Å²) in [5.41, 5.74) is -0.234. The van der Waals surface area contributed by atoms with Gasteiger partial charge in [-0.05, 0) is 33.1 Å². The number of amides is 1. The maximum absolute atomic E-state index is 11.8. The fourth-order valence-corrected chi connectivity index (χ4v) is 1.99. The second-order valence-corrected chi connectivity index (χ2v) is 4.85. The number of piperidine rings is 1. The molecule has 1 aliphatic rings. The van der Waals surface area contributed by atoms with Crippen LogP contribution in [0.4, 0.5) is 0 Å². The summed E-state index contributed by atoms with van der Waals surface area (Å²) in [5, 5.41) is 9.01. The fraction of sp³-hybridized carbons (Fsp3) is 0.846. The van der Waals surface area contributed by atoms with E-state index in [2.05, 4.69) is 6.07 Å². The van der Waals surface area contributed by atoms with Gasteiger partial charge in [0.05, 0.1) is 11.5 Å². The van der Waals surface area contributed by atoms with Gasteiger partial charge in [-0.1, -0.05) is 0 Å². The Morgan fingerprint density at radius 2 is 2.12 bits per heavy atom. The van der Waals surface area contributed by atoms with E-state index in [1.54, 1.807) is 0 Å². The molecule has 0 radical (unpaired) electrons. The van der Waals surface area contributed by atoms with E-state index in [0.717, 1.165) is 32.4 Å². The Kier molecular flexibility index (Phi) is 5.43. The Labute approximate surface area is 104 Å².